The molecule has 0 aliphatic rings. The minimum Gasteiger partial charge on any atom is -0.392 e. The lowest BCUT2D eigenvalue weighted by molar-refractivity contribution is -0.0216. The lowest BCUT2D eigenvalue weighted by atomic mass is 9.95. The summed E-state index contributed by atoms with van der Waals surface area (Å²) in [6.07, 6.45) is 1.84. The molecule has 0 saturated carbocycles. The normalized spacial score (nSPS) is 14.5. The van der Waals surface area contributed by atoms with Gasteiger partial charge < -0.3 is 9.84 Å². The van der Waals surface area contributed by atoms with E-state index in [-0.39, 0.29) is 18.4 Å². The van der Waals surface area contributed by atoms with E-state index in [1.165, 1.54) is 0 Å². The van der Waals surface area contributed by atoms with Crippen molar-refractivity contribution >= 4 is 0 Å². The second kappa shape index (κ2) is 6.35. The van der Waals surface area contributed by atoms with E-state index < -0.39 is 0 Å². The fourth-order valence-corrected chi connectivity index (χ4v) is 1.18. The van der Waals surface area contributed by atoms with Crippen LogP contribution < -0.4 is 5.32 Å². The van der Waals surface area contributed by atoms with Crippen molar-refractivity contribution in [2.45, 2.75) is 52.3 Å². The summed E-state index contributed by atoms with van der Waals surface area (Å²) in [6, 6.07) is 0. The predicted octanol–water partition coefficient (Wildman–Crippen LogP) is 1.51. The van der Waals surface area contributed by atoms with Gasteiger partial charge in [-0.15, -0.1) is 0 Å². The highest BCUT2D eigenvalue weighted by Gasteiger charge is 2.22. The van der Waals surface area contributed by atoms with Crippen LogP contribution in [0.2, 0.25) is 0 Å². The van der Waals surface area contributed by atoms with E-state index in [1.54, 1.807) is 0 Å². The van der Waals surface area contributed by atoms with Gasteiger partial charge >= 0.3 is 0 Å². The summed E-state index contributed by atoms with van der Waals surface area (Å²) >= 11 is 0. The highest BCUT2D eigenvalue weighted by molar-refractivity contribution is 4.81. The fourth-order valence-electron chi connectivity index (χ4n) is 1.18. The van der Waals surface area contributed by atoms with E-state index in [4.69, 9.17) is 9.84 Å². The molecule has 0 rings (SSSR count). The summed E-state index contributed by atoms with van der Waals surface area (Å²) < 4.78 is 5.33. The van der Waals surface area contributed by atoms with Gasteiger partial charge in [-0.1, -0.05) is 13.8 Å². The molecule has 0 bridgehead atoms. The Bertz CT molecular complexity index is 124. The van der Waals surface area contributed by atoms with Crippen molar-refractivity contribution in [3.05, 3.63) is 0 Å². The first-order chi connectivity index (χ1) is 6.11. The third-order valence-corrected chi connectivity index (χ3v) is 2.60. The number of aliphatic hydroxyl groups excluding tert-OH is 1. The second-order valence-electron chi connectivity index (χ2n) is 3.54. The van der Waals surface area contributed by atoms with Gasteiger partial charge in [0.05, 0.1) is 6.61 Å². The van der Waals surface area contributed by atoms with Gasteiger partial charge in [0.2, 0.25) is 0 Å². The van der Waals surface area contributed by atoms with Crippen LogP contribution in [0.15, 0.2) is 0 Å². The third-order valence-electron chi connectivity index (χ3n) is 2.60. The van der Waals surface area contributed by atoms with Crippen LogP contribution in [0, 0.1) is 0 Å². The zero-order valence-corrected chi connectivity index (χ0v) is 9.26. The van der Waals surface area contributed by atoms with Gasteiger partial charge in [0.1, 0.15) is 6.23 Å². The highest BCUT2D eigenvalue weighted by Crippen LogP contribution is 2.14. The molecule has 0 amide bonds. The highest BCUT2D eigenvalue weighted by atomic mass is 16.5. The average molecular weight is 189 g/mol. The van der Waals surface area contributed by atoms with Crippen molar-refractivity contribution in [1.29, 1.82) is 0 Å². The molecule has 0 fully saturated rings. The first kappa shape index (κ1) is 12.9. The zero-order chi connectivity index (χ0) is 10.3. The Balaban J connectivity index is 4.02. The van der Waals surface area contributed by atoms with Gasteiger partial charge in [-0.3, -0.25) is 5.32 Å². The molecule has 2 N–H and O–H groups in total. The maximum absolute atomic E-state index is 9.02. The summed E-state index contributed by atoms with van der Waals surface area (Å²) in [5.41, 5.74) is 0.0720. The molecule has 0 aromatic rings. The minimum atomic E-state index is -0.227. The predicted molar refractivity (Wildman–Crippen MR) is 54.6 cm³/mol. The van der Waals surface area contributed by atoms with Gasteiger partial charge in [-0.25, -0.2) is 0 Å². The van der Waals surface area contributed by atoms with Gasteiger partial charge in [-0.05, 0) is 26.7 Å². The largest absolute Gasteiger partial charge is 0.392 e. The van der Waals surface area contributed by atoms with Gasteiger partial charge in [-0.2, -0.15) is 0 Å². The van der Waals surface area contributed by atoms with E-state index in [0.29, 0.717) is 6.61 Å². The van der Waals surface area contributed by atoms with Gasteiger partial charge in [0.25, 0.3) is 0 Å². The molecule has 0 aromatic heterocycles. The molecule has 0 heterocycles. The first-order valence-corrected chi connectivity index (χ1v) is 5.12. The Morgan fingerprint density at radius 2 is 1.85 bits per heavy atom. The lowest BCUT2D eigenvalue weighted by Gasteiger charge is -2.32. The second-order valence-corrected chi connectivity index (χ2v) is 3.54. The standard InChI is InChI=1S/C10H23NO2/c1-5-10(4,6-2)11-9(8-12)13-7-3/h9,11-12H,5-8H2,1-4H3. The van der Waals surface area contributed by atoms with Crippen molar-refractivity contribution < 1.29 is 9.84 Å². The summed E-state index contributed by atoms with van der Waals surface area (Å²) in [5, 5.41) is 12.3. The molecular formula is C10H23NO2. The van der Waals surface area contributed by atoms with E-state index in [0.717, 1.165) is 12.8 Å². The molecule has 0 radical (unpaired) electrons. The van der Waals surface area contributed by atoms with E-state index in [1.807, 2.05) is 6.92 Å². The maximum atomic E-state index is 9.02. The monoisotopic (exact) mass is 189 g/mol. The van der Waals surface area contributed by atoms with Crippen LogP contribution in [0.4, 0.5) is 0 Å². The Labute approximate surface area is 81.5 Å². The summed E-state index contributed by atoms with van der Waals surface area (Å²) in [4.78, 5) is 0. The smallest absolute Gasteiger partial charge is 0.131 e. The van der Waals surface area contributed by atoms with E-state index >= 15 is 0 Å². The maximum Gasteiger partial charge on any atom is 0.131 e. The number of aliphatic hydroxyl groups is 1. The molecule has 0 aromatic carbocycles. The van der Waals surface area contributed by atoms with Crippen LogP contribution in [0.25, 0.3) is 0 Å². The van der Waals surface area contributed by atoms with E-state index in [2.05, 4.69) is 26.1 Å². The first-order valence-electron chi connectivity index (χ1n) is 5.12. The Morgan fingerprint density at radius 1 is 1.31 bits per heavy atom. The summed E-state index contributed by atoms with van der Waals surface area (Å²) in [5.74, 6) is 0. The molecule has 80 valence electrons. The van der Waals surface area contributed by atoms with Crippen molar-refractivity contribution in [2.24, 2.45) is 0 Å². The fraction of sp³-hybridized carbons (Fsp3) is 1.00. The van der Waals surface area contributed by atoms with Crippen LogP contribution in [0.1, 0.15) is 40.5 Å². The number of nitrogens with one attached hydrogen (secondary N) is 1. The molecule has 3 nitrogen and oxygen atoms in total. The van der Waals surface area contributed by atoms with E-state index in [9.17, 15) is 0 Å². The number of rotatable bonds is 7. The van der Waals surface area contributed by atoms with Crippen LogP contribution in [0.5, 0.6) is 0 Å². The molecule has 13 heavy (non-hydrogen) atoms. The molecular weight excluding hydrogens is 166 g/mol. The number of hydrogen-bond acceptors (Lipinski definition) is 3. The topological polar surface area (TPSA) is 41.5 Å². The molecule has 0 aliphatic carbocycles. The average Bonchev–Trinajstić information content (AvgIpc) is 2.17. The third kappa shape index (κ3) is 4.60. The molecule has 0 spiro atoms. The Kier molecular flexibility index (Phi) is 6.29. The molecule has 1 unspecified atom stereocenters. The SMILES string of the molecule is CCOC(CO)NC(C)(CC)CC. The number of hydrogen-bond donors (Lipinski definition) is 2. The van der Waals surface area contributed by atoms with Crippen LogP contribution in [0.3, 0.4) is 0 Å². The van der Waals surface area contributed by atoms with Crippen LogP contribution in [-0.2, 0) is 4.74 Å². The summed E-state index contributed by atoms with van der Waals surface area (Å²) in [6.45, 7) is 9.01. The quantitative estimate of drug-likeness (QED) is 0.596. The lowest BCUT2D eigenvalue weighted by Crippen LogP contribution is -2.50. The molecule has 0 aliphatic heterocycles. The molecule has 0 saturated heterocycles. The Hall–Kier alpha value is -0.120. The van der Waals surface area contributed by atoms with Crippen molar-refractivity contribution in [2.75, 3.05) is 13.2 Å². The Morgan fingerprint density at radius 3 is 2.15 bits per heavy atom. The number of ether oxygens (including phenoxy) is 1. The molecule has 1 atom stereocenters. The minimum absolute atomic E-state index is 0.0312. The van der Waals surface area contributed by atoms with Crippen molar-refractivity contribution in [3.8, 4) is 0 Å². The van der Waals surface area contributed by atoms with Crippen molar-refractivity contribution in [1.82, 2.24) is 5.32 Å². The van der Waals surface area contributed by atoms with Gasteiger partial charge in [0.15, 0.2) is 0 Å². The summed E-state index contributed by atoms with van der Waals surface area (Å²) in [7, 11) is 0. The molecule has 3 heteroatoms. The van der Waals surface area contributed by atoms with Crippen molar-refractivity contribution in [3.63, 3.8) is 0 Å². The van der Waals surface area contributed by atoms with Crippen LogP contribution in [-0.4, -0.2) is 30.1 Å². The zero-order valence-electron chi connectivity index (χ0n) is 9.26. The van der Waals surface area contributed by atoms with Gasteiger partial charge in [0, 0.05) is 12.1 Å². The van der Waals surface area contributed by atoms with Crippen LogP contribution >= 0.6 is 0 Å².